The van der Waals surface area contributed by atoms with Crippen molar-refractivity contribution in [1.29, 1.82) is 0 Å². The Labute approximate surface area is 158 Å². The van der Waals surface area contributed by atoms with Gasteiger partial charge in [0.05, 0.1) is 5.02 Å². The number of hydrogen-bond acceptors (Lipinski definition) is 4. The van der Waals surface area contributed by atoms with Crippen LogP contribution in [0.2, 0.25) is 5.02 Å². The van der Waals surface area contributed by atoms with Gasteiger partial charge in [0.1, 0.15) is 13.2 Å². The van der Waals surface area contributed by atoms with Crippen molar-refractivity contribution in [2.75, 3.05) is 31.6 Å². The van der Waals surface area contributed by atoms with Crippen molar-refractivity contribution in [2.24, 2.45) is 0 Å². The summed E-state index contributed by atoms with van der Waals surface area (Å²) in [6.07, 6.45) is 4.04. The molecule has 0 aliphatic carbocycles. The van der Waals surface area contributed by atoms with E-state index in [1.807, 2.05) is 36.4 Å². The smallest absolute Gasteiger partial charge is 0.244 e. The van der Waals surface area contributed by atoms with Crippen LogP contribution in [0.15, 0.2) is 48.5 Å². The Morgan fingerprint density at radius 3 is 2.77 bits per heavy atom. The summed E-state index contributed by atoms with van der Waals surface area (Å²) < 4.78 is 11.0. The highest BCUT2D eigenvalue weighted by Crippen LogP contribution is 2.38. The molecule has 0 bridgehead atoms. The highest BCUT2D eigenvalue weighted by atomic mass is 35.5. The predicted octanol–water partition coefficient (Wildman–Crippen LogP) is 3.74. The number of para-hydroxylation sites is 1. The molecular weight excluding hydrogens is 352 g/mol. The summed E-state index contributed by atoms with van der Waals surface area (Å²) in [5.41, 5.74) is 1.87. The fourth-order valence-electron chi connectivity index (χ4n) is 2.55. The van der Waals surface area contributed by atoms with E-state index in [0.717, 1.165) is 24.2 Å². The molecule has 0 spiro atoms. The Balaban J connectivity index is 1.42. The van der Waals surface area contributed by atoms with Crippen LogP contribution in [0.3, 0.4) is 0 Å². The number of rotatable bonds is 7. The Morgan fingerprint density at radius 1 is 1.12 bits per heavy atom. The van der Waals surface area contributed by atoms with Crippen LogP contribution in [0.25, 0.3) is 6.08 Å². The third kappa shape index (κ3) is 5.17. The zero-order chi connectivity index (χ0) is 18.2. The average molecular weight is 373 g/mol. The average Bonchev–Trinajstić information content (AvgIpc) is 2.67. The van der Waals surface area contributed by atoms with Crippen molar-refractivity contribution in [1.82, 2.24) is 5.32 Å². The van der Waals surface area contributed by atoms with Gasteiger partial charge in [-0.1, -0.05) is 29.8 Å². The van der Waals surface area contributed by atoms with Gasteiger partial charge in [0.25, 0.3) is 0 Å². The quantitative estimate of drug-likeness (QED) is 0.574. The highest BCUT2D eigenvalue weighted by Gasteiger charge is 2.15. The molecule has 1 aliphatic heterocycles. The third-order valence-electron chi connectivity index (χ3n) is 3.80. The lowest BCUT2D eigenvalue weighted by Gasteiger charge is -2.19. The minimum Gasteiger partial charge on any atom is -0.486 e. The van der Waals surface area contributed by atoms with Crippen molar-refractivity contribution in [3.8, 4) is 11.5 Å². The minimum atomic E-state index is -0.143. The number of amides is 1. The molecule has 0 aromatic heterocycles. The van der Waals surface area contributed by atoms with E-state index in [4.69, 9.17) is 21.1 Å². The summed E-state index contributed by atoms with van der Waals surface area (Å²) in [7, 11) is 0. The first-order valence-electron chi connectivity index (χ1n) is 8.56. The molecule has 2 aromatic carbocycles. The van der Waals surface area contributed by atoms with E-state index in [0.29, 0.717) is 36.3 Å². The lowest BCUT2D eigenvalue weighted by Crippen LogP contribution is -2.23. The normalized spacial score (nSPS) is 12.8. The van der Waals surface area contributed by atoms with Crippen LogP contribution in [-0.2, 0) is 4.79 Å². The van der Waals surface area contributed by atoms with Crippen molar-refractivity contribution in [3.63, 3.8) is 0 Å². The summed E-state index contributed by atoms with van der Waals surface area (Å²) in [5, 5.41) is 6.64. The zero-order valence-corrected chi connectivity index (χ0v) is 15.1. The van der Waals surface area contributed by atoms with Crippen LogP contribution in [0, 0.1) is 0 Å². The van der Waals surface area contributed by atoms with E-state index in [2.05, 4.69) is 10.6 Å². The van der Waals surface area contributed by atoms with Crippen LogP contribution in [-0.4, -0.2) is 32.2 Å². The molecule has 0 unspecified atom stereocenters. The van der Waals surface area contributed by atoms with Gasteiger partial charge >= 0.3 is 0 Å². The Bertz CT molecular complexity index is 778. The Kier molecular flexibility index (Phi) is 6.39. The second-order valence-corrected chi connectivity index (χ2v) is 6.20. The number of carbonyl (C=O) groups excluding carboxylic acids is 1. The molecule has 2 N–H and O–H groups in total. The van der Waals surface area contributed by atoms with E-state index < -0.39 is 0 Å². The molecule has 1 heterocycles. The molecule has 0 saturated heterocycles. The number of nitrogens with one attached hydrogen (secondary N) is 2. The van der Waals surface area contributed by atoms with Crippen molar-refractivity contribution < 1.29 is 14.3 Å². The van der Waals surface area contributed by atoms with Crippen molar-refractivity contribution >= 4 is 29.3 Å². The van der Waals surface area contributed by atoms with Gasteiger partial charge in [0.2, 0.25) is 5.91 Å². The number of hydrogen-bond donors (Lipinski definition) is 2. The van der Waals surface area contributed by atoms with E-state index in [-0.39, 0.29) is 5.91 Å². The van der Waals surface area contributed by atoms with Crippen molar-refractivity contribution in [2.45, 2.75) is 6.42 Å². The molecule has 0 radical (unpaired) electrons. The number of ether oxygens (including phenoxy) is 2. The van der Waals surface area contributed by atoms with Gasteiger partial charge in [-0.15, -0.1) is 0 Å². The fourth-order valence-corrected chi connectivity index (χ4v) is 2.82. The van der Waals surface area contributed by atoms with E-state index in [1.54, 1.807) is 12.1 Å². The molecule has 3 rings (SSSR count). The molecule has 1 amide bonds. The SMILES string of the molecule is O=C(C=Cc1cc(Cl)c2c(c1)OCCO2)NCCCNc1ccccc1. The second kappa shape index (κ2) is 9.15. The van der Waals surface area contributed by atoms with Gasteiger partial charge in [0, 0.05) is 24.9 Å². The van der Waals surface area contributed by atoms with Crippen LogP contribution in [0.1, 0.15) is 12.0 Å². The van der Waals surface area contributed by atoms with Crippen LogP contribution < -0.4 is 20.1 Å². The first kappa shape index (κ1) is 18.1. The van der Waals surface area contributed by atoms with Gasteiger partial charge in [-0.25, -0.2) is 0 Å². The summed E-state index contributed by atoms with van der Waals surface area (Å²) in [4.78, 5) is 11.9. The van der Waals surface area contributed by atoms with Gasteiger partial charge < -0.3 is 20.1 Å². The number of benzene rings is 2. The minimum absolute atomic E-state index is 0.143. The lowest BCUT2D eigenvalue weighted by molar-refractivity contribution is -0.116. The largest absolute Gasteiger partial charge is 0.486 e. The topological polar surface area (TPSA) is 59.6 Å². The number of fused-ring (bicyclic) bond motifs is 1. The number of carbonyl (C=O) groups is 1. The molecule has 6 heteroatoms. The van der Waals surface area contributed by atoms with Crippen LogP contribution in [0.4, 0.5) is 5.69 Å². The number of halogens is 1. The van der Waals surface area contributed by atoms with Gasteiger partial charge in [-0.05, 0) is 42.3 Å². The summed E-state index contributed by atoms with van der Waals surface area (Å²) in [6.45, 7) is 2.38. The van der Waals surface area contributed by atoms with Gasteiger partial charge in [0.15, 0.2) is 11.5 Å². The molecule has 0 atom stereocenters. The molecule has 0 fully saturated rings. The van der Waals surface area contributed by atoms with Crippen LogP contribution >= 0.6 is 11.6 Å². The lowest BCUT2D eigenvalue weighted by atomic mass is 10.1. The first-order valence-corrected chi connectivity index (χ1v) is 8.94. The number of anilines is 1. The molecule has 1 aliphatic rings. The van der Waals surface area contributed by atoms with Crippen LogP contribution in [0.5, 0.6) is 11.5 Å². The Morgan fingerprint density at radius 2 is 1.92 bits per heavy atom. The molecule has 26 heavy (non-hydrogen) atoms. The van der Waals surface area contributed by atoms with Gasteiger partial charge in [-0.2, -0.15) is 0 Å². The van der Waals surface area contributed by atoms with Crippen molar-refractivity contribution in [3.05, 3.63) is 59.1 Å². The maximum atomic E-state index is 11.9. The summed E-state index contributed by atoms with van der Waals surface area (Å²) in [5.74, 6) is 1.02. The highest BCUT2D eigenvalue weighted by molar-refractivity contribution is 6.32. The molecule has 5 nitrogen and oxygen atoms in total. The maximum Gasteiger partial charge on any atom is 0.244 e. The maximum absolute atomic E-state index is 11.9. The fraction of sp³-hybridized carbons (Fsp3) is 0.250. The standard InChI is InChI=1S/C20H21ClN2O3/c21-17-13-15(14-18-20(17)26-12-11-25-18)7-8-19(24)23-10-4-9-22-16-5-2-1-3-6-16/h1-3,5-8,13-14,22H,4,9-12H2,(H,23,24). The zero-order valence-electron chi connectivity index (χ0n) is 14.3. The summed E-state index contributed by atoms with van der Waals surface area (Å²) >= 11 is 6.19. The molecule has 136 valence electrons. The summed E-state index contributed by atoms with van der Waals surface area (Å²) in [6, 6.07) is 13.5. The second-order valence-electron chi connectivity index (χ2n) is 5.80. The van der Waals surface area contributed by atoms with E-state index in [1.165, 1.54) is 6.08 Å². The predicted molar refractivity (Wildman–Crippen MR) is 104 cm³/mol. The Hall–Kier alpha value is -2.66. The third-order valence-corrected chi connectivity index (χ3v) is 4.08. The van der Waals surface area contributed by atoms with E-state index >= 15 is 0 Å². The van der Waals surface area contributed by atoms with Gasteiger partial charge in [-0.3, -0.25) is 4.79 Å². The first-order chi connectivity index (χ1) is 12.7. The molecule has 0 saturated carbocycles. The van der Waals surface area contributed by atoms with E-state index in [9.17, 15) is 4.79 Å². The monoisotopic (exact) mass is 372 g/mol. The molecule has 2 aromatic rings. The molecular formula is C20H21ClN2O3.